The summed E-state index contributed by atoms with van der Waals surface area (Å²) in [7, 11) is 0. The summed E-state index contributed by atoms with van der Waals surface area (Å²) in [5, 5.41) is 9.56. The Balaban J connectivity index is 2.37. The fourth-order valence-electron chi connectivity index (χ4n) is 2.78. The second kappa shape index (κ2) is 7.04. The number of nitrogens with one attached hydrogen (secondary N) is 1. The van der Waals surface area contributed by atoms with Crippen molar-refractivity contribution in [1.29, 1.82) is 5.26 Å². The smallest absolute Gasteiger partial charge is 0.163 e. The van der Waals surface area contributed by atoms with Crippen LogP contribution in [0.3, 0.4) is 0 Å². The van der Waals surface area contributed by atoms with Gasteiger partial charge in [-0.3, -0.25) is 4.79 Å². The highest BCUT2D eigenvalue weighted by molar-refractivity contribution is 5.92. The van der Waals surface area contributed by atoms with Crippen molar-refractivity contribution in [2.24, 2.45) is 5.41 Å². The second-order valence-electron chi connectivity index (χ2n) is 5.48. The molecular weight excluding hydrogens is 274 g/mol. The Hall–Kier alpha value is -2.41. The molecule has 0 fully saturated rings. The summed E-state index contributed by atoms with van der Waals surface area (Å²) < 4.78 is 0. The Labute approximate surface area is 131 Å². The van der Waals surface area contributed by atoms with Gasteiger partial charge in [-0.1, -0.05) is 44.2 Å². The zero-order valence-corrected chi connectivity index (χ0v) is 13.0. The van der Waals surface area contributed by atoms with E-state index in [-0.39, 0.29) is 5.78 Å². The standard InChI is InChI=1S/C18H21N3O/c1-3-18(4-2,13-19)16(22)15(17-20-10-11-21-17)12-14-8-6-5-7-9-14/h5-11,15H,3-4,12H2,1-2H3,(H,20,21). The second-order valence-corrected chi connectivity index (χ2v) is 5.48. The number of carbonyl (C=O) groups excluding carboxylic acids is 1. The molecule has 0 radical (unpaired) electrons. The lowest BCUT2D eigenvalue weighted by atomic mass is 9.73. The highest BCUT2D eigenvalue weighted by atomic mass is 16.1. The van der Waals surface area contributed by atoms with Gasteiger partial charge in [0.15, 0.2) is 5.78 Å². The number of carbonyl (C=O) groups is 1. The van der Waals surface area contributed by atoms with E-state index in [0.717, 1.165) is 5.56 Å². The van der Waals surface area contributed by atoms with Gasteiger partial charge in [-0.15, -0.1) is 0 Å². The number of ketones is 1. The average molecular weight is 295 g/mol. The Kier molecular flexibility index (Phi) is 5.11. The van der Waals surface area contributed by atoms with Gasteiger partial charge in [-0.25, -0.2) is 4.98 Å². The van der Waals surface area contributed by atoms with Crippen LogP contribution in [-0.4, -0.2) is 15.8 Å². The van der Waals surface area contributed by atoms with Crippen LogP contribution in [0.1, 0.15) is 44.0 Å². The molecule has 2 rings (SSSR count). The normalized spacial score (nSPS) is 12.6. The third-order valence-electron chi connectivity index (χ3n) is 4.34. The minimum Gasteiger partial charge on any atom is -0.348 e. The maximum absolute atomic E-state index is 13.1. The fourth-order valence-corrected chi connectivity index (χ4v) is 2.78. The van der Waals surface area contributed by atoms with Gasteiger partial charge in [0.1, 0.15) is 11.2 Å². The van der Waals surface area contributed by atoms with E-state index in [2.05, 4.69) is 16.0 Å². The number of H-pyrrole nitrogens is 1. The SMILES string of the molecule is CCC(C#N)(CC)C(=O)C(Cc1ccccc1)c1ncc[nH]1. The van der Waals surface area contributed by atoms with Gasteiger partial charge in [0.2, 0.25) is 0 Å². The molecule has 2 aromatic rings. The monoisotopic (exact) mass is 295 g/mol. The van der Waals surface area contributed by atoms with Crippen molar-refractivity contribution in [3.63, 3.8) is 0 Å². The summed E-state index contributed by atoms with van der Waals surface area (Å²) in [6.07, 6.45) is 4.95. The van der Waals surface area contributed by atoms with E-state index < -0.39 is 11.3 Å². The first kappa shape index (κ1) is 16.0. The third kappa shape index (κ3) is 3.09. The van der Waals surface area contributed by atoms with Gasteiger partial charge in [0.25, 0.3) is 0 Å². The largest absolute Gasteiger partial charge is 0.348 e. The lowest BCUT2D eigenvalue weighted by Crippen LogP contribution is -2.34. The summed E-state index contributed by atoms with van der Waals surface area (Å²) in [6.45, 7) is 3.79. The van der Waals surface area contributed by atoms with Crippen molar-refractivity contribution in [3.8, 4) is 6.07 Å². The van der Waals surface area contributed by atoms with Crippen molar-refractivity contribution < 1.29 is 4.79 Å². The molecule has 0 aliphatic rings. The Morgan fingerprint density at radius 1 is 1.32 bits per heavy atom. The maximum atomic E-state index is 13.1. The lowest BCUT2D eigenvalue weighted by Gasteiger charge is -2.26. The molecule has 114 valence electrons. The van der Waals surface area contributed by atoms with Crippen LogP contribution < -0.4 is 0 Å². The third-order valence-corrected chi connectivity index (χ3v) is 4.34. The molecule has 1 atom stereocenters. The number of aromatic amines is 1. The summed E-state index contributed by atoms with van der Waals surface area (Å²) in [6, 6.07) is 12.1. The molecule has 0 saturated carbocycles. The summed E-state index contributed by atoms with van der Waals surface area (Å²) in [5.41, 5.74) is 0.128. The predicted molar refractivity (Wildman–Crippen MR) is 85.1 cm³/mol. The van der Waals surface area contributed by atoms with E-state index in [4.69, 9.17) is 0 Å². The Morgan fingerprint density at radius 3 is 2.50 bits per heavy atom. The molecule has 1 N–H and O–H groups in total. The van der Waals surface area contributed by atoms with Crippen molar-refractivity contribution in [2.75, 3.05) is 0 Å². The van der Waals surface area contributed by atoms with Crippen molar-refractivity contribution in [2.45, 2.75) is 39.0 Å². The van der Waals surface area contributed by atoms with Gasteiger partial charge in [-0.05, 0) is 24.8 Å². The maximum Gasteiger partial charge on any atom is 0.163 e. The average Bonchev–Trinajstić information content (AvgIpc) is 3.10. The van der Waals surface area contributed by atoms with Crippen LogP contribution in [0.25, 0.3) is 0 Å². The molecule has 22 heavy (non-hydrogen) atoms. The quantitative estimate of drug-likeness (QED) is 0.848. The number of hydrogen-bond acceptors (Lipinski definition) is 3. The molecule has 1 heterocycles. The van der Waals surface area contributed by atoms with Crippen LogP contribution in [0, 0.1) is 16.7 Å². The van der Waals surface area contributed by atoms with Crippen molar-refractivity contribution >= 4 is 5.78 Å². The van der Waals surface area contributed by atoms with Crippen LogP contribution in [0.15, 0.2) is 42.7 Å². The topological polar surface area (TPSA) is 69.5 Å². The number of aromatic nitrogens is 2. The molecule has 0 bridgehead atoms. The van der Waals surface area contributed by atoms with Crippen LogP contribution in [0.4, 0.5) is 0 Å². The van der Waals surface area contributed by atoms with E-state index in [0.29, 0.717) is 25.1 Å². The molecule has 0 amide bonds. The van der Waals surface area contributed by atoms with E-state index in [1.165, 1.54) is 0 Å². The number of imidazole rings is 1. The number of benzene rings is 1. The minimum absolute atomic E-state index is 0.0428. The summed E-state index contributed by atoms with van der Waals surface area (Å²) in [5.74, 6) is 0.172. The van der Waals surface area contributed by atoms with Crippen LogP contribution >= 0.6 is 0 Å². The van der Waals surface area contributed by atoms with Gasteiger partial charge in [0, 0.05) is 12.4 Å². The van der Waals surface area contributed by atoms with Gasteiger partial charge in [0.05, 0.1) is 12.0 Å². The molecule has 4 nitrogen and oxygen atoms in total. The van der Waals surface area contributed by atoms with Crippen LogP contribution in [0.2, 0.25) is 0 Å². The molecule has 0 saturated heterocycles. The molecule has 4 heteroatoms. The zero-order valence-electron chi connectivity index (χ0n) is 13.0. The molecule has 1 aromatic heterocycles. The molecular formula is C18H21N3O. The molecule has 1 aromatic carbocycles. The van der Waals surface area contributed by atoms with E-state index in [1.54, 1.807) is 12.4 Å². The van der Waals surface area contributed by atoms with E-state index in [9.17, 15) is 10.1 Å². The highest BCUT2D eigenvalue weighted by Crippen LogP contribution is 2.34. The fraction of sp³-hybridized carbons (Fsp3) is 0.389. The van der Waals surface area contributed by atoms with Crippen molar-refractivity contribution in [3.05, 3.63) is 54.1 Å². The first-order chi connectivity index (χ1) is 10.7. The number of nitriles is 1. The Morgan fingerprint density at radius 2 is 2.00 bits per heavy atom. The van der Waals surface area contributed by atoms with Crippen LogP contribution in [-0.2, 0) is 11.2 Å². The highest BCUT2D eigenvalue weighted by Gasteiger charge is 2.40. The van der Waals surface area contributed by atoms with Gasteiger partial charge < -0.3 is 4.98 Å². The molecule has 0 spiro atoms. The number of Topliss-reactive ketones (excluding diaryl/α,β-unsaturated/α-hetero) is 1. The first-order valence-electron chi connectivity index (χ1n) is 7.65. The van der Waals surface area contributed by atoms with Crippen LogP contribution in [0.5, 0.6) is 0 Å². The summed E-state index contributed by atoms with van der Waals surface area (Å²) >= 11 is 0. The minimum atomic E-state index is -0.938. The number of hydrogen-bond donors (Lipinski definition) is 1. The van der Waals surface area contributed by atoms with Crippen molar-refractivity contribution in [1.82, 2.24) is 9.97 Å². The van der Waals surface area contributed by atoms with E-state index in [1.807, 2.05) is 44.2 Å². The Bertz CT molecular complexity index is 637. The molecule has 0 aliphatic heterocycles. The zero-order chi connectivity index (χ0) is 16.0. The predicted octanol–water partition coefficient (Wildman–Crippen LogP) is 3.64. The number of nitrogens with zero attached hydrogens (tertiary/aromatic N) is 2. The van der Waals surface area contributed by atoms with Gasteiger partial charge >= 0.3 is 0 Å². The molecule has 0 aliphatic carbocycles. The van der Waals surface area contributed by atoms with Gasteiger partial charge in [-0.2, -0.15) is 5.26 Å². The number of rotatable bonds is 7. The van der Waals surface area contributed by atoms with E-state index >= 15 is 0 Å². The summed E-state index contributed by atoms with van der Waals surface area (Å²) in [4.78, 5) is 20.4. The lowest BCUT2D eigenvalue weighted by molar-refractivity contribution is -0.128. The first-order valence-corrected chi connectivity index (χ1v) is 7.65. The molecule has 1 unspecified atom stereocenters.